The zero-order valence-corrected chi connectivity index (χ0v) is 9.91. The van der Waals surface area contributed by atoms with Gasteiger partial charge in [-0.3, -0.25) is 4.98 Å². The Morgan fingerprint density at radius 2 is 2.35 bits per heavy atom. The Bertz CT molecular complexity index is 497. The Labute approximate surface area is 103 Å². The molecule has 5 heteroatoms. The normalized spacial score (nSPS) is 10.1. The van der Waals surface area contributed by atoms with Crippen LogP contribution in [0.4, 0.5) is 4.79 Å². The molecule has 0 bridgehead atoms. The molecule has 0 saturated heterocycles. The molecule has 1 heterocycles. The molecule has 0 aliphatic carbocycles. The third-order valence-corrected chi connectivity index (χ3v) is 3.16. The van der Waals surface area contributed by atoms with Crippen LogP contribution in [0.1, 0.15) is 5.56 Å². The molecule has 0 aliphatic heterocycles. The summed E-state index contributed by atoms with van der Waals surface area (Å²) in [6.07, 6.45) is 1.54. The number of aromatic nitrogens is 1. The van der Waals surface area contributed by atoms with Gasteiger partial charge in [-0.15, -0.1) is 11.3 Å². The van der Waals surface area contributed by atoms with Crippen LogP contribution >= 0.6 is 11.3 Å². The molecule has 0 spiro atoms. The molecule has 1 aromatic carbocycles. The van der Waals surface area contributed by atoms with E-state index in [1.54, 1.807) is 16.8 Å². The highest BCUT2D eigenvalue weighted by molar-refractivity contribution is 7.13. The number of benzene rings is 1. The van der Waals surface area contributed by atoms with Crippen molar-refractivity contribution in [2.24, 2.45) is 0 Å². The van der Waals surface area contributed by atoms with Gasteiger partial charge in [-0.05, 0) is 17.5 Å². The molecule has 1 aromatic heterocycles. The number of thiazole rings is 1. The Morgan fingerprint density at radius 1 is 1.47 bits per heavy atom. The Hall–Kier alpha value is -1.88. The lowest BCUT2D eigenvalue weighted by molar-refractivity contribution is 0.194. The van der Waals surface area contributed by atoms with Crippen LogP contribution in [0, 0.1) is 0 Å². The number of amides is 1. The van der Waals surface area contributed by atoms with Crippen molar-refractivity contribution in [3.63, 3.8) is 0 Å². The van der Waals surface area contributed by atoms with Gasteiger partial charge in [-0.2, -0.15) is 0 Å². The first-order chi connectivity index (χ1) is 8.25. The molecule has 0 fully saturated rings. The highest BCUT2D eigenvalue weighted by atomic mass is 32.1. The molecule has 17 heavy (non-hydrogen) atoms. The summed E-state index contributed by atoms with van der Waals surface area (Å²) in [4.78, 5) is 15.5. The van der Waals surface area contributed by atoms with E-state index in [0.717, 1.165) is 16.0 Å². The second kappa shape index (κ2) is 5.45. The maximum absolute atomic E-state index is 10.3. The van der Waals surface area contributed by atoms with Crippen molar-refractivity contribution in [1.29, 1.82) is 0 Å². The quantitative estimate of drug-likeness (QED) is 0.874. The first kappa shape index (κ1) is 11.6. The zero-order chi connectivity index (χ0) is 12.1. The number of carbonyl (C=O) groups is 1. The van der Waals surface area contributed by atoms with E-state index in [-0.39, 0.29) is 0 Å². The van der Waals surface area contributed by atoms with E-state index >= 15 is 0 Å². The van der Waals surface area contributed by atoms with Crippen molar-refractivity contribution in [2.75, 3.05) is 6.54 Å². The maximum atomic E-state index is 10.3. The molecule has 2 aromatic rings. The lowest BCUT2D eigenvalue weighted by Crippen LogP contribution is -2.23. The third-order valence-electron chi connectivity index (χ3n) is 2.33. The molecular weight excluding hydrogens is 236 g/mol. The summed E-state index contributed by atoms with van der Waals surface area (Å²) in [6, 6.07) is 8.07. The van der Waals surface area contributed by atoms with Crippen molar-refractivity contribution in [1.82, 2.24) is 10.3 Å². The van der Waals surface area contributed by atoms with Gasteiger partial charge in [-0.25, -0.2) is 4.79 Å². The van der Waals surface area contributed by atoms with Crippen LogP contribution in [0.15, 0.2) is 36.0 Å². The van der Waals surface area contributed by atoms with E-state index in [4.69, 9.17) is 5.11 Å². The Morgan fingerprint density at radius 3 is 3.06 bits per heavy atom. The molecule has 1 amide bonds. The van der Waals surface area contributed by atoms with E-state index in [0.29, 0.717) is 13.0 Å². The van der Waals surface area contributed by atoms with Crippen LogP contribution in [0.2, 0.25) is 0 Å². The molecule has 88 valence electrons. The van der Waals surface area contributed by atoms with Crippen LogP contribution in [-0.4, -0.2) is 22.7 Å². The van der Waals surface area contributed by atoms with Crippen LogP contribution in [0.5, 0.6) is 0 Å². The van der Waals surface area contributed by atoms with E-state index < -0.39 is 6.09 Å². The van der Waals surface area contributed by atoms with Crippen molar-refractivity contribution in [3.8, 4) is 10.4 Å². The summed E-state index contributed by atoms with van der Waals surface area (Å²) >= 11 is 1.59. The summed E-state index contributed by atoms with van der Waals surface area (Å²) < 4.78 is 0. The van der Waals surface area contributed by atoms with E-state index in [9.17, 15) is 4.79 Å². The number of nitrogens with one attached hydrogen (secondary N) is 1. The predicted octanol–water partition coefficient (Wildman–Crippen LogP) is 2.62. The molecule has 2 N–H and O–H groups in total. The smallest absolute Gasteiger partial charge is 0.404 e. The van der Waals surface area contributed by atoms with Crippen LogP contribution in [-0.2, 0) is 6.42 Å². The van der Waals surface area contributed by atoms with Gasteiger partial charge in [0.15, 0.2) is 0 Å². The second-order valence-electron chi connectivity index (χ2n) is 3.55. The first-order valence-corrected chi connectivity index (χ1v) is 6.08. The Balaban J connectivity index is 2.04. The fraction of sp³-hybridized carbons (Fsp3) is 0.167. The number of hydrogen-bond acceptors (Lipinski definition) is 3. The summed E-state index contributed by atoms with van der Waals surface area (Å²) in [6.45, 7) is 0.432. The zero-order valence-electron chi connectivity index (χ0n) is 9.09. The van der Waals surface area contributed by atoms with Crippen molar-refractivity contribution in [2.45, 2.75) is 6.42 Å². The molecule has 0 unspecified atom stereocenters. The number of nitrogens with zero attached hydrogens (tertiary/aromatic N) is 1. The van der Waals surface area contributed by atoms with E-state index in [1.165, 1.54) is 0 Å². The predicted molar refractivity (Wildman–Crippen MR) is 67.3 cm³/mol. The number of hydrogen-bond donors (Lipinski definition) is 2. The lowest BCUT2D eigenvalue weighted by atomic mass is 10.1. The van der Waals surface area contributed by atoms with Gasteiger partial charge >= 0.3 is 6.09 Å². The van der Waals surface area contributed by atoms with Crippen LogP contribution in [0.25, 0.3) is 10.4 Å². The SMILES string of the molecule is O=C(O)NCCc1cccc(-c2cncs2)c1. The minimum absolute atomic E-state index is 0.432. The van der Waals surface area contributed by atoms with Crippen molar-refractivity contribution in [3.05, 3.63) is 41.5 Å². The van der Waals surface area contributed by atoms with Crippen LogP contribution in [0.3, 0.4) is 0 Å². The topological polar surface area (TPSA) is 62.2 Å². The average molecular weight is 248 g/mol. The fourth-order valence-corrected chi connectivity index (χ4v) is 2.17. The van der Waals surface area contributed by atoms with Crippen LogP contribution < -0.4 is 5.32 Å². The van der Waals surface area contributed by atoms with Crippen molar-refractivity contribution >= 4 is 17.4 Å². The number of carboxylic acid groups (broad SMARTS) is 1. The fourth-order valence-electron chi connectivity index (χ4n) is 1.55. The molecular formula is C12H12N2O2S. The number of rotatable bonds is 4. The standard InChI is InChI=1S/C12H12N2O2S/c15-12(16)14-5-4-9-2-1-3-10(6-9)11-7-13-8-17-11/h1-3,6-8,14H,4-5H2,(H,15,16). The van der Waals surface area contributed by atoms with Crippen molar-refractivity contribution < 1.29 is 9.90 Å². The van der Waals surface area contributed by atoms with E-state index in [2.05, 4.69) is 16.4 Å². The maximum Gasteiger partial charge on any atom is 0.404 e. The average Bonchev–Trinajstić information content (AvgIpc) is 2.82. The molecule has 0 saturated carbocycles. The molecule has 4 nitrogen and oxygen atoms in total. The molecule has 0 radical (unpaired) electrons. The monoisotopic (exact) mass is 248 g/mol. The Kier molecular flexibility index (Phi) is 3.72. The van der Waals surface area contributed by atoms with Gasteiger partial charge < -0.3 is 10.4 Å². The summed E-state index contributed by atoms with van der Waals surface area (Å²) in [7, 11) is 0. The minimum Gasteiger partial charge on any atom is -0.465 e. The van der Waals surface area contributed by atoms with Gasteiger partial charge in [-0.1, -0.05) is 24.3 Å². The van der Waals surface area contributed by atoms with Gasteiger partial charge in [0.25, 0.3) is 0 Å². The molecule has 0 aliphatic rings. The minimum atomic E-state index is -0.983. The summed E-state index contributed by atoms with van der Waals surface area (Å²) in [5.41, 5.74) is 4.04. The third kappa shape index (κ3) is 3.29. The largest absolute Gasteiger partial charge is 0.465 e. The molecule has 0 atom stereocenters. The molecule has 2 rings (SSSR count). The second-order valence-corrected chi connectivity index (χ2v) is 4.43. The van der Waals surface area contributed by atoms with E-state index in [1.807, 2.05) is 24.4 Å². The van der Waals surface area contributed by atoms with Gasteiger partial charge in [0.2, 0.25) is 0 Å². The van der Waals surface area contributed by atoms with Gasteiger partial charge in [0.05, 0.1) is 10.4 Å². The first-order valence-electron chi connectivity index (χ1n) is 5.20. The lowest BCUT2D eigenvalue weighted by Gasteiger charge is -2.03. The van der Waals surface area contributed by atoms with Gasteiger partial charge in [0.1, 0.15) is 0 Å². The highest BCUT2D eigenvalue weighted by Gasteiger charge is 2.01. The summed E-state index contributed by atoms with van der Waals surface area (Å²) in [5, 5.41) is 10.8. The summed E-state index contributed by atoms with van der Waals surface area (Å²) in [5.74, 6) is 0. The van der Waals surface area contributed by atoms with Gasteiger partial charge in [0, 0.05) is 12.7 Å². The highest BCUT2D eigenvalue weighted by Crippen LogP contribution is 2.23.